The number of benzene rings is 1. The van der Waals surface area contributed by atoms with Gasteiger partial charge in [-0.3, -0.25) is 14.6 Å². The van der Waals surface area contributed by atoms with Gasteiger partial charge in [0.25, 0.3) is 11.8 Å². The number of fused-ring (bicyclic) bond motifs is 2. The minimum absolute atomic E-state index is 0.0317. The molecule has 5 rings (SSSR count). The van der Waals surface area contributed by atoms with Gasteiger partial charge in [-0.25, -0.2) is 0 Å². The number of pyridine rings is 1. The van der Waals surface area contributed by atoms with Gasteiger partial charge in [-0.05, 0) is 18.2 Å². The number of amides is 2. The Kier molecular flexibility index (Phi) is 4.75. The number of nitrogens with zero attached hydrogens (tertiary/aromatic N) is 3. The lowest BCUT2D eigenvalue weighted by atomic mass is 9.93. The fraction of sp³-hybridized carbons (Fsp3) is 0.348. The van der Waals surface area contributed by atoms with Crippen molar-refractivity contribution in [1.82, 2.24) is 19.8 Å². The highest BCUT2D eigenvalue weighted by molar-refractivity contribution is 6.07. The van der Waals surface area contributed by atoms with E-state index in [4.69, 9.17) is 4.74 Å². The molecule has 2 aliphatic heterocycles. The van der Waals surface area contributed by atoms with Gasteiger partial charge in [-0.15, -0.1) is 0 Å². The van der Waals surface area contributed by atoms with Crippen LogP contribution in [0.3, 0.4) is 0 Å². The Balaban J connectivity index is 1.26. The summed E-state index contributed by atoms with van der Waals surface area (Å²) in [5.41, 5.74) is 2.33. The van der Waals surface area contributed by atoms with E-state index in [1.54, 1.807) is 24.5 Å². The zero-order valence-electron chi connectivity index (χ0n) is 16.8. The van der Waals surface area contributed by atoms with Crippen molar-refractivity contribution in [2.24, 2.45) is 18.9 Å². The molecular weight excluding hydrogens is 380 g/mol. The van der Waals surface area contributed by atoms with Gasteiger partial charge in [-0.1, -0.05) is 18.2 Å². The van der Waals surface area contributed by atoms with E-state index in [0.717, 1.165) is 16.5 Å². The van der Waals surface area contributed by atoms with Crippen LogP contribution in [0.25, 0.3) is 10.9 Å². The molecule has 0 aliphatic carbocycles. The number of carbonyl (C=O) groups excluding carboxylic acids is 2. The third-order valence-electron chi connectivity index (χ3n) is 6.30. The summed E-state index contributed by atoms with van der Waals surface area (Å²) in [7, 11) is 1.96. The lowest BCUT2D eigenvalue weighted by Gasteiger charge is -2.20. The standard InChI is InChI=1S/C23H24N4O3/c1-26-11-19(17-6-2-3-7-20(17)26)23(29)27-12-18-16(14-30-21(18)13-27)10-25-22(28)15-5-4-8-24-9-15/h2-9,11,16,18,21H,10,12-14H2,1H3,(H,25,28)/t16-,18+,21+/m0/s1. The highest BCUT2D eigenvalue weighted by Crippen LogP contribution is 2.34. The van der Waals surface area contributed by atoms with Crippen molar-refractivity contribution in [3.63, 3.8) is 0 Å². The number of rotatable bonds is 4. The highest BCUT2D eigenvalue weighted by Gasteiger charge is 2.45. The van der Waals surface area contributed by atoms with Crippen molar-refractivity contribution in [3.05, 3.63) is 66.1 Å². The normalized spacial score (nSPS) is 23.0. The van der Waals surface area contributed by atoms with Crippen LogP contribution in [0.2, 0.25) is 0 Å². The van der Waals surface area contributed by atoms with Gasteiger partial charge < -0.3 is 19.5 Å². The first kappa shape index (κ1) is 18.8. The summed E-state index contributed by atoms with van der Waals surface area (Å²) < 4.78 is 7.97. The zero-order valence-corrected chi connectivity index (χ0v) is 16.8. The number of aromatic nitrogens is 2. The minimum Gasteiger partial charge on any atom is -0.376 e. The number of carbonyl (C=O) groups is 2. The number of para-hydroxylation sites is 1. The van der Waals surface area contributed by atoms with Crippen LogP contribution < -0.4 is 5.32 Å². The molecule has 4 heterocycles. The number of ether oxygens (including phenoxy) is 1. The van der Waals surface area contributed by atoms with Crippen LogP contribution >= 0.6 is 0 Å². The average Bonchev–Trinajstić information content (AvgIpc) is 3.46. The topological polar surface area (TPSA) is 76.5 Å². The minimum atomic E-state index is -0.131. The van der Waals surface area contributed by atoms with E-state index >= 15 is 0 Å². The van der Waals surface area contributed by atoms with Crippen LogP contribution in [0.4, 0.5) is 0 Å². The highest BCUT2D eigenvalue weighted by atomic mass is 16.5. The van der Waals surface area contributed by atoms with E-state index < -0.39 is 0 Å². The summed E-state index contributed by atoms with van der Waals surface area (Å²) in [6.07, 6.45) is 5.15. The summed E-state index contributed by atoms with van der Waals surface area (Å²) >= 11 is 0. The van der Waals surface area contributed by atoms with E-state index in [1.165, 1.54) is 0 Å². The Hall–Kier alpha value is -3.19. The maximum atomic E-state index is 13.2. The predicted octanol–water partition coefficient (Wildman–Crippen LogP) is 2.09. The molecule has 2 aromatic heterocycles. The summed E-state index contributed by atoms with van der Waals surface area (Å²) in [6.45, 7) is 2.39. The molecule has 1 N–H and O–H groups in total. The quantitative estimate of drug-likeness (QED) is 0.723. The van der Waals surface area contributed by atoms with E-state index in [2.05, 4.69) is 10.3 Å². The molecule has 2 fully saturated rings. The van der Waals surface area contributed by atoms with Crippen molar-refractivity contribution >= 4 is 22.7 Å². The third kappa shape index (κ3) is 3.25. The summed E-state index contributed by atoms with van der Waals surface area (Å²) in [5, 5.41) is 3.97. The van der Waals surface area contributed by atoms with Crippen LogP contribution in [-0.4, -0.2) is 58.6 Å². The first-order valence-electron chi connectivity index (χ1n) is 10.2. The summed E-state index contributed by atoms with van der Waals surface area (Å²) in [6, 6.07) is 11.5. The Morgan fingerprint density at radius 3 is 2.90 bits per heavy atom. The van der Waals surface area contributed by atoms with Gasteiger partial charge in [0.05, 0.1) is 23.8 Å². The Labute approximate surface area is 174 Å². The number of likely N-dealkylation sites (tertiary alicyclic amines) is 1. The van der Waals surface area contributed by atoms with Crippen molar-refractivity contribution < 1.29 is 14.3 Å². The Morgan fingerprint density at radius 2 is 2.07 bits per heavy atom. The molecule has 0 bridgehead atoms. The van der Waals surface area contributed by atoms with Gasteiger partial charge in [0, 0.05) is 68.0 Å². The number of hydrogen-bond donors (Lipinski definition) is 1. The lowest BCUT2D eigenvalue weighted by molar-refractivity contribution is 0.0676. The molecule has 3 atom stereocenters. The fourth-order valence-corrected chi connectivity index (χ4v) is 4.68. The van der Waals surface area contributed by atoms with Crippen LogP contribution in [0.15, 0.2) is 55.0 Å². The second-order valence-electron chi connectivity index (χ2n) is 8.13. The first-order valence-corrected chi connectivity index (χ1v) is 10.2. The first-order chi connectivity index (χ1) is 14.6. The number of hydrogen-bond acceptors (Lipinski definition) is 4. The number of nitrogens with one attached hydrogen (secondary N) is 1. The molecule has 30 heavy (non-hydrogen) atoms. The second kappa shape index (κ2) is 7.57. The van der Waals surface area contributed by atoms with Crippen molar-refractivity contribution in [3.8, 4) is 0 Å². The van der Waals surface area contributed by atoms with Gasteiger partial charge in [-0.2, -0.15) is 0 Å². The van der Waals surface area contributed by atoms with Crippen molar-refractivity contribution in [2.45, 2.75) is 6.10 Å². The molecular formula is C23H24N4O3. The van der Waals surface area contributed by atoms with Crippen LogP contribution in [0.1, 0.15) is 20.7 Å². The van der Waals surface area contributed by atoms with Crippen LogP contribution in [-0.2, 0) is 11.8 Å². The molecule has 154 valence electrons. The molecule has 1 aromatic carbocycles. The van der Waals surface area contributed by atoms with Gasteiger partial charge in [0.15, 0.2) is 0 Å². The largest absolute Gasteiger partial charge is 0.376 e. The molecule has 0 radical (unpaired) electrons. The fourth-order valence-electron chi connectivity index (χ4n) is 4.68. The van der Waals surface area contributed by atoms with Crippen molar-refractivity contribution in [2.75, 3.05) is 26.2 Å². The molecule has 7 nitrogen and oxygen atoms in total. The Bertz CT molecular complexity index is 1090. The zero-order chi connectivity index (χ0) is 20.7. The van der Waals surface area contributed by atoms with E-state index in [0.29, 0.717) is 31.8 Å². The molecule has 2 saturated heterocycles. The van der Waals surface area contributed by atoms with Crippen molar-refractivity contribution in [1.29, 1.82) is 0 Å². The average molecular weight is 404 g/mol. The summed E-state index contributed by atoms with van der Waals surface area (Å²) in [5.74, 6) is 0.343. The molecule has 3 aromatic rings. The maximum Gasteiger partial charge on any atom is 0.256 e. The molecule has 2 aliphatic rings. The molecule has 0 saturated carbocycles. The molecule has 7 heteroatoms. The Morgan fingerprint density at radius 1 is 1.20 bits per heavy atom. The van der Waals surface area contributed by atoms with E-state index in [1.807, 2.05) is 47.0 Å². The smallest absolute Gasteiger partial charge is 0.256 e. The van der Waals surface area contributed by atoms with E-state index in [-0.39, 0.29) is 29.8 Å². The van der Waals surface area contributed by atoms with Crippen LogP contribution in [0.5, 0.6) is 0 Å². The van der Waals surface area contributed by atoms with Gasteiger partial charge >= 0.3 is 0 Å². The maximum absolute atomic E-state index is 13.2. The van der Waals surface area contributed by atoms with Gasteiger partial charge in [0.2, 0.25) is 0 Å². The molecule has 0 spiro atoms. The SMILES string of the molecule is Cn1cc(C(=O)N2C[C@@H]3[C@@H](CNC(=O)c4cccnc4)CO[C@@H]3C2)c2ccccc21. The molecule has 0 unspecified atom stereocenters. The monoisotopic (exact) mass is 404 g/mol. The number of aryl methyl sites for hydroxylation is 1. The van der Waals surface area contributed by atoms with Gasteiger partial charge in [0.1, 0.15) is 0 Å². The predicted molar refractivity (Wildman–Crippen MR) is 112 cm³/mol. The second-order valence-corrected chi connectivity index (χ2v) is 8.13. The molecule has 2 amide bonds. The van der Waals surface area contributed by atoms with E-state index in [9.17, 15) is 9.59 Å². The summed E-state index contributed by atoms with van der Waals surface area (Å²) in [4.78, 5) is 31.4. The lowest BCUT2D eigenvalue weighted by Crippen LogP contribution is -2.35. The third-order valence-corrected chi connectivity index (χ3v) is 6.30. The van der Waals surface area contributed by atoms with Crippen LogP contribution in [0, 0.1) is 11.8 Å².